The quantitative estimate of drug-likeness (QED) is 0.429. The van der Waals surface area contributed by atoms with Gasteiger partial charge in [0, 0.05) is 23.6 Å². The van der Waals surface area contributed by atoms with Crippen molar-refractivity contribution in [3.8, 4) is 17.2 Å². The Bertz CT molecular complexity index is 1090. The number of furan rings is 1. The summed E-state index contributed by atoms with van der Waals surface area (Å²) in [6.45, 7) is 0. The molecule has 0 atom stereocenters. The van der Waals surface area contributed by atoms with E-state index in [1.807, 2.05) is 0 Å². The van der Waals surface area contributed by atoms with E-state index in [1.54, 1.807) is 6.07 Å². The molecule has 2 heterocycles. The molecule has 0 bridgehead atoms. The van der Waals surface area contributed by atoms with Crippen LogP contribution in [0.2, 0.25) is 0 Å². The third-order valence-electron chi connectivity index (χ3n) is 3.33. The molecule has 0 saturated heterocycles. The first-order chi connectivity index (χ1) is 10.0. The van der Waals surface area contributed by atoms with Gasteiger partial charge in [-0.1, -0.05) is 0 Å². The summed E-state index contributed by atoms with van der Waals surface area (Å²) in [6.07, 6.45) is 0. The maximum atomic E-state index is 11.4. The molecule has 4 rings (SSSR count). The van der Waals surface area contributed by atoms with Crippen LogP contribution in [0.3, 0.4) is 0 Å². The summed E-state index contributed by atoms with van der Waals surface area (Å²) >= 11 is 0. The molecular formula is C15H8O6. The van der Waals surface area contributed by atoms with Crippen molar-refractivity contribution in [2.24, 2.45) is 0 Å². The van der Waals surface area contributed by atoms with Crippen LogP contribution in [0.15, 0.2) is 44.0 Å². The van der Waals surface area contributed by atoms with Crippen molar-refractivity contribution in [2.45, 2.75) is 0 Å². The van der Waals surface area contributed by atoms with E-state index >= 15 is 0 Å². The maximum absolute atomic E-state index is 11.4. The number of hydrogen-bond acceptors (Lipinski definition) is 6. The van der Waals surface area contributed by atoms with Crippen LogP contribution in [0.1, 0.15) is 0 Å². The highest BCUT2D eigenvalue weighted by molar-refractivity contribution is 6.07. The molecule has 6 nitrogen and oxygen atoms in total. The second-order valence-corrected chi connectivity index (χ2v) is 4.74. The van der Waals surface area contributed by atoms with Gasteiger partial charge in [0.05, 0.1) is 0 Å². The van der Waals surface area contributed by atoms with Crippen LogP contribution < -0.4 is 5.43 Å². The van der Waals surface area contributed by atoms with Crippen molar-refractivity contribution in [1.29, 1.82) is 0 Å². The van der Waals surface area contributed by atoms with Gasteiger partial charge < -0.3 is 24.2 Å². The number of phenols is 3. The fraction of sp³-hybridized carbons (Fsp3) is 0. The predicted octanol–water partition coefficient (Wildman–Crippen LogP) is 2.81. The summed E-state index contributed by atoms with van der Waals surface area (Å²) < 4.78 is 11.1. The molecule has 0 radical (unpaired) electrons. The van der Waals surface area contributed by atoms with Gasteiger partial charge in [0.15, 0.2) is 28.1 Å². The van der Waals surface area contributed by atoms with Crippen molar-refractivity contribution in [3.05, 3.63) is 40.6 Å². The lowest BCUT2D eigenvalue weighted by Gasteiger charge is -2.01. The number of rotatable bonds is 0. The third kappa shape index (κ3) is 1.56. The second-order valence-electron chi connectivity index (χ2n) is 4.74. The Labute approximate surface area is 116 Å². The summed E-state index contributed by atoms with van der Waals surface area (Å²) in [4.78, 5) is 11.4. The Morgan fingerprint density at radius 1 is 0.714 bits per heavy atom. The molecule has 0 aliphatic heterocycles. The largest absolute Gasteiger partial charge is 0.507 e. The van der Waals surface area contributed by atoms with Gasteiger partial charge in [-0.25, -0.2) is 0 Å². The van der Waals surface area contributed by atoms with Gasteiger partial charge in [0.25, 0.3) is 0 Å². The summed E-state index contributed by atoms with van der Waals surface area (Å²) in [5.74, 6) is -0.829. The molecule has 104 valence electrons. The molecule has 0 unspecified atom stereocenters. The lowest BCUT2D eigenvalue weighted by molar-refractivity contribution is 0.404. The Hall–Kier alpha value is -3.15. The SMILES string of the molecule is O=c1cc(O)c2c(c1)oc1cc3cc(O)c(O)cc3oc12. The van der Waals surface area contributed by atoms with Gasteiger partial charge in [0.1, 0.15) is 22.3 Å². The number of phenolic OH excluding ortho intramolecular Hbond substituents is 3. The van der Waals surface area contributed by atoms with Crippen LogP contribution in [0.4, 0.5) is 0 Å². The van der Waals surface area contributed by atoms with Gasteiger partial charge in [-0.3, -0.25) is 4.79 Å². The molecule has 21 heavy (non-hydrogen) atoms. The third-order valence-corrected chi connectivity index (χ3v) is 3.33. The van der Waals surface area contributed by atoms with E-state index in [1.165, 1.54) is 18.2 Å². The van der Waals surface area contributed by atoms with E-state index in [-0.39, 0.29) is 33.8 Å². The van der Waals surface area contributed by atoms with Crippen LogP contribution in [-0.2, 0) is 0 Å². The first kappa shape index (κ1) is 11.7. The zero-order valence-electron chi connectivity index (χ0n) is 10.5. The molecule has 2 aromatic heterocycles. The Morgan fingerprint density at radius 3 is 2.29 bits per heavy atom. The predicted molar refractivity (Wildman–Crippen MR) is 74.8 cm³/mol. The molecule has 4 aromatic rings. The fourth-order valence-electron chi connectivity index (χ4n) is 2.40. The molecule has 0 spiro atoms. The summed E-state index contributed by atoms with van der Waals surface area (Å²) in [6, 6.07) is 6.52. The van der Waals surface area contributed by atoms with E-state index in [2.05, 4.69) is 0 Å². The topological polar surface area (TPSA) is 104 Å². The minimum atomic E-state index is -0.376. The van der Waals surface area contributed by atoms with Crippen LogP contribution in [0.5, 0.6) is 17.2 Å². The average molecular weight is 284 g/mol. The number of benzene rings is 2. The van der Waals surface area contributed by atoms with Gasteiger partial charge in [-0.2, -0.15) is 0 Å². The van der Waals surface area contributed by atoms with Gasteiger partial charge in [0.2, 0.25) is 0 Å². The monoisotopic (exact) mass is 284 g/mol. The van der Waals surface area contributed by atoms with E-state index in [0.29, 0.717) is 21.9 Å². The van der Waals surface area contributed by atoms with Crippen LogP contribution in [-0.4, -0.2) is 15.3 Å². The average Bonchev–Trinajstić information content (AvgIpc) is 2.74. The Balaban J connectivity index is 2.23. The summed E-state index contributed by atoms with van der Waals surface area (Å²) in [5.41, 5.74) is 0.732. The van der Waals surface area contributed by atoms with Crippen LogP contribution in [0, 0.1) is 0 Å². The normalized spacial score (nSPS) is 11.6. The molecule has 0 fully saturated rings. The molecule has 0 aliphatic rings. The van der Waals surface area contributed by atoms with Crippen LogP contribution in [0.25, 0.3) is 33.1 Å². The summed E-state index contributed by atoms with van der Waals surface area (Å²) in [7, 11) is 0. The highest BCUT2D eigenvalue weighted by atomic mass is 16.4. The van der Waals surface area contributed by atoms with Crippen molar-refractivity contribution in [2.75, 3.05) is 0 Å². The lowest BCUT2D eigenvalue weighted by Crippen LogP contribution is -1.93. The van der Waals surface area contributed by atoms with Crippen molar-refractivity contribution >= 4 is 33.1 Å². The molecule has 0 saturated carbocycles. The number of fused-ring (bicyclic) bond motifs is 4. The van der Waals surface area contributed by atoms with Crippen molar-refractivity contribution in [3.63, 3.8) is 0 Å². The van der Waals surface area contributed by atoms with Crippen molar-refractivity contribution < 1.29 is 24.2 Å². The van der Waals surface area contributed by atoms with E-state index in [9.17, 15) is 20.1 Å². The van der Waals surface area contributed by atoms with Crippen LogP contribution >= 0.6 is 0 Å². The molecular weight excluding hydrogens is 276 g/mol. The van der Waals surface area contributed by atoms with Crippen molar-refractivity contribution in [1.82, 2.24) is 0 Å². The molecule has 6 heteroatoms. The highest BCUT2D eigenvalue weighted by Gasteiger charge is 2.16. The zero-order valence-corrected chi connectivity index (χ0v) is 10.5. The number of hydrogen-bond donors (Lipinski definition) is 3. The molecule has 2 aromatic carbocycles. The minimum absolute atomic E-state index is 0.211. The smallest absolute Gasteiger partial charge is 0.186 e. The van der Waals surface area contributed by atoms with E-state index < -0.39 is 0 Å². The highest BCUT2D eigenvalue weighted by Crippen LogP contribution is 2.38. The first-order valence-corrected chi connectivity index (χ1v) is 6.08. The van der Waals surface area contributed by atoms with Gasteiger partial charge >= 0.3 is 0 Å². The van der Waals surface area contributed by atoms with Gasteiger partial charge in [-0.05, 0) is 12.1 Å². The second kappa shape index (κ2) is 3.69. The first-order valence-electron chi connectivity index (χ1n) is 6.08. The number of aromatic hydroxyl groups is 3. The minimum Gasteiger partial charge on any atom is -0.507 e. The Kier molecular flexibility index (Phi) is 2.05. The Morgan fingerprint density at radius 2 is 1.48 bits per heavy atom. The fourth-order valence-corrected chi connectivity index (χ4v) is 2.40. The zero-order chi connectivity index (χ0) is 14.7. The lowest BCUT2D eigenvalue weighted by atomic mass is 10.2. The molecule has 0 aliphatic carbocycles. The molecule has 3 N–H and O–H groups in total. The van der Waals surface area contributed by atoms with Gasteiger partial charge in [-0.15, -0.1) is 0 Å². The van der Waals surface area contributed by atoms with E-state index in [0.717, 1.165) is 6.07 Å². The maximum Gasteiger partial charge on any atom is 0.186 e. The molecule has 0 amide bonds. The van der Waals surface area contributed by atoms with E-state index in [4.69, 9.17) is 8.83 Å². The standard InChI is InChI=1S/C15H8O6/c16-7-3-10(19)14-12(4-7)20-13-2-6-1-8(17)9(18)5-11(6)21-15(13)14/h1-5,17-19H. The summed E-state index contributed by atoms with van der Waals surface area (Å²) in [5, 5.41) is 29.7.